The van der Waals surface area contributed by atoms with Crippen molar-refractivity contribution < 1.29 is 9.59 Å². The van der Waals surface area contributed by atoms with Gasteiger partial charge in [0.25, 0.3) is 5.91 Å². The molecule has 0 N–H and O–H groups in total. The standard InChI is InChI=1S/C26H32N4O2S/c31-24(29-18-16-28(17-19-29)20-8-2-1-3-9-20)13-7-15-30-22-11-6-14-27-25(22)33-23-12-5-4-10-21(23)26(30)32/h4-6,10-12,14,20H,1-3,7-9,13,15-19H2. The molecule has 1 aromatic carbocycles. The minimum Gasteiger partial charge on any atom is -0.340 e. The lowest BCUT2D eigenvalue weighted by Crippen LogP contribution is -2.52. The minimum atomic E-state index is -0.0154. The third-order valence-corrected chi connectivity index (χ3v) is 8.23. The summed E-state index contributed by atoms with van der Waals surface area (Å²) in [6.07, 6.45) is 9.58. The largest absolute Gasteiger partial charge is 0.340 e. The van der Waals surface area contributed by atoms with Crippen LogP contribution in [-0.4, -0.2) is 65.4 Å². The molecule has 0 spiro atoms. The average molecular weight is 465 g/mol. The molecule has 0 atom stereocenters. The number of aromatic nitrogens is 1. The number of benzene rings is 1. The summed E-state index contributed by atoms with van der Waals surface area (Å²) in [7, 11) is 0. The molecular weight excluding hydrogens is 432 g/mol. The third kappa shape index (κ3) is 4.94. The lowest BCUT2D eigenvalue weighted by molar-refractivity contribution is -0.133. The maximum absolute atomic E-state index is 13.3. The fraction of sp³-hybridized carbons (Fsp3) is 0.500. The number of pyridine rings is 1. The second kappa shape index (κ2) is 10.3. The van der Waals surface area contributed by atoms with Crippen molar-refractivity contribution in [2.75, 3.05) is 37.6 Å². The van der Waals surface area contributed by atoms with E-state index in [9.17, 15) is 9.59 Å². The van der Waals surface area contributed by atoms with E-state index in [1.807, 2.05) is 41.3 Å². The lowest BCUT2D eigenvalue weighted by atomic mass is 9.94. The Kier molecular flexibility index (Phi) is 6.97. The molecule has 3 aliphatic rings. The number of piperazine rings is 1. The van der Waals surface area contributed by atoms with Crippen LogP contribution in [0.2, 0.25) is 0 Å². The van der Waals surface area contributed by atoms with E-state index in [4.69, 9.17) is 0 Å². The number of hydrogen-bond donors (Lipinski definition) is 0. The molecule has 2 amide bonds. The SMILES string of the molecule is O=C(CCCN1C(=O)c2ccccc2Sc2ncccc21)N1CCN(C2CCCCC2)CC1. The minimum absolute atomic E-state index is 0.0154. The average Bonchev–Trinajstić information content (AvgIpc) is 2.99. The Balaban J connectivity index is 1.18. The third-order valence-electron chi connectivity index (χ3n) is 7.14. The monoisotopic (exact) mass is 464 g/mol. The van der Waals surface area contributed by atoms with Crippen LogP contribution in [0, 0.1) is 0 Å². The molecule has 2 aliphatic heterocycles. The van der Waals surface area contributed by atoms with E-state index in [1.54, 1.807) is 11.1 Å². The van der Waals surface area contributed by atoms with Gasteiger partial charge in [0.2, 0.25) is 5.91 Å². The highest BCUT2D eigenvalue weighted by atomic mass is 32.2. The van der Waals surface area contributed by atoms with E-state index in [0.29, 0.717) is 24.9 Å². The van der Waals surface area contributed by atoms with Gasteiger partial charge in [-0.15, -0.1) is 0 Å². The maximum Gasteiger partial charge on any atom is 0.259 e. The van der Waals surface area contributed by atoms with Gasteiger partial charge in [-0.2, -0.15) is 0 Å². The zero-order valence-corrected chi connectivity index (χ0v) is 19.9. The van der Waals surface area contributed by atoms with Crippen molar-refractivity contribution in [3.05, 3.63) is 48.2 Å². The number of carbonyl (C=O) groups is 2. The van der Waals surface area contributed by atoms with Crippen LogP contribution in [0.25, 0.3) is 0 Å². The summed E-state index contributed by atoms with van der Waals surface area (Å²) in [6.45, 7) is 4.16. The molecule has 2 aromatic rings. The van der Waals surface area contributed by atoms with Crippen LogP contribution in [0.15, 0.2) is 52.5 Å². The van der Waals surface area contributed by atoms with Crippen molar-refractivity contribution in [1.29, 1.82) is 0 Å². The van der Waals surface area contributed by atoms with Crippen molar-refractivity contribution in [3.8, 4) is 0 Å². The van der Waals surface area contributed by atoms with Crippen LogP contribution in [0.1, 0.15) is 55.3 Å². The summed E-state index contributed by atoms with van der Waals surface area (Å²) in [5.41, 5.74) is 1.53. The predicted octanol–water partition coefficient (Wildman–Crippen LogP) is 4.45. The van der Waals surface area contributed by atoms with E-state index < -0.39 is 0 Å². The van der Waals surface area contributed by atoms with Gasteiger partial charge in [-0.05, 0) is 43.5 Å². The number of amides is 2. The van der Waals surface area contributed by atoms with Crippen molar-refractivity contribution >= 4 is 29.3 Å². The van der Waals surface area contributed by atoms with Gasteiger partial charge in [0, 0.05) is 56.3 Å². The van der Waals surface area contributed by atoms with Crippen molar-refractivity contribution in [1.82, 2.24) is 14.8 Å². The molecule has 2 fully saturated rings. The molecule has 0 radical (unpaired) electrons. The molecular formula is C26H32N4O2S. The summed E-state index contributed by atoms with van der Waals surface area (Å²) in [6, 6.07) is 12.2. The summed E-state index contributed by atoms with van der Waals surface area (Å²) >= 11 is 1.53. The molecule has 174 valence electrons. The van der Waals surface area contributed by atoms with E-state index >= 15 is 0 Å². The van der Waals surface area contributed by atoms with Gasteiger partial charge in [0.1, 0.15) is 5.03 Å². The van der Waals surface area contributed by atoms with Crippen LogP contribution >= 0.6 is 11.8 Å². The molecule has 1 aromatic heterocycles. The highest BCUT2D eigenvalue weighted by Gasteiger charge is 2.29. The second-order valence-electron chi connectivity index (χ2n) is 9.19. The molecule has 1 saturated heterocycles. The first-order valence-corrected chi connectivity index (χ1v) is 13.1. The molecule has 7 heteroatoms. The van der Waals surface area contributed by atoms with Crippen molar-refractivity contribution in [2.45, 2.75) is 60.9 Å². The Bertz CT molecular complexity index is 999. The zero-order valence-electron chi connectivity index (χ0n) is 19.1. The first-order chi connectivity index (χ1) is 16.2. The Morgan fingerprint density at radius 1 is 1.00 bits per heavy atom. The summed E-state index contributed by atoms with van der Waals surface area (Å²) in [5, 5.41) is 0.834. The fourth-order valence-corrected chi connectivity index (χ4v) is 6.33. The van der Waals surface area contributed by atoms with Crippen LogP contribution in [0.3, 0.4) is 0 Å². The van der Waals surface area contributed by atoms with Crippen molar-refractivity contribution in [3.63, 3.8) is 0 Å². The molecule has 1 saturated carbocycles. The van der Waals surface area contributed by atoms with Gasteiger partial charge in [0.05, 0.1) is 11.3 Å². The molecule has 33 heavy (non-hydrogen) atoms. The highest BCUT2D eigenvalue weighted by molar-refractivity contribution is 7.99. The maximum atomic E-state index is 13.3. The van der Waals surface area contributed by atoms with E-state index in [2.05, 4.69) is 9.88 Å². The number of nitrogens with zero attached hydrogens (tertiary/aromatic N) is 4. The number of carbonyl (C=O) groups excluding carboxylic acids is 2. The molecule has 5 rings (SSSR count). The summed E-state index contributed by atoms with van der Waals surface area (Å²) < 4.78 is 0. The number of hydrogen-bond acceptors (Lipinski definition) is 5. The molecule has 6 nitrogen and oxygen atoms in total. The number of rotatable bonds is 5. The van der Waals surface area contributed by atoms with E-state index in [1.165, 1.54) is 43.9 Å². The van der Waals surface area contributed by atoms with E-state index in [0.717, 1.165) is 47.8 Å². The van der Waals surface area contributed by atoms with Gasteiger partial charge in [0.15, 0.2) is 0 Å². The van der Waals surface area contributed by atoms with Gasteiger partial charge in [-0.3, -0.25) is 14.5 Å². The smallest absolute Gasteiger partial charge is 0.259 e. The molecule has 3 heterocycles. The second-order valence-corrected chi connectivity index (χ2v) is 10.2. The van der Waals surface area contributed by atoms with Gasteiger partial charge in [-0.1, -0.05) is 43.2 Å². The molecule has 0 unspecified atom stereocenters. The van der Waals surface area contributed by atoms with Gasteiger partial charge < -0.3 is 9.80 Å². The molecule has 0 bridgehead atoms. The Morgan fingerprint density at radius 2 is 1.79 bits per heavy atom. The Hall–Kier alpha value is -2.38. The highest BCUT2D eigenvalue weighted by Crippen LogP contribution is 2.39. The van der Waals surface area contributed by atoms with Gasteiger partial charge in [-0.25, -0.2) is 4.98 Å². The Morgan fingerprint density at radius 3 is 2.61 bits per heavy atom. The number of fused-ring (bicyclic) bond motifs is 2. The summed E-state index contributed by atoms with van der Waals surface area (Å²) in [5.74, 6) is 0.195. The predicted molar refractivity (Wildman–Crippen MR) is 131 cm³/mol. The summed E-state index contributed by atoms with van der Waals surface area (Å²) in [4.78, 5) is 38.1. The van der Waals surface area contributed by atoms with E-state index in [-0.39, 0.29) is 11.8 Å². The van der Waals surface area contributed by atoms with Gasteiger partial charge >= 0.3 is 0 Å². The van der Waals surface area contributed by atoms with Crippen LogP contribution in [0.4, 0.5) is 5.69 Å². The van der Waals surface area contributed by atoms with Crippen LogP contribution < -0.4 is 4.90 Å². The Labute approximate surface area is 200 Å². The number of anilines is 1. The normalized spacial score (nSPS) is 19.7. The first kappa shape index (κ1) is 22.4. The zero-order chi connectivity index (χ0) is 22.6. The lowest BCUT2D eigenvalue weighted by Gasteiger charge is -2.40. The van der Waals surface area contributed by atoms with Crippen LogP contribution in [-0.2, 0) is 4.79 Å². The topological polar surface area (TPSA) is 56.8 Å². The quantitative estimate of drug-likeness (QED) is 0.654. The van der Waals surface area contributed by atoms with Crippen LogP contribution in [0.5, 0.6) is 0 Å². The first-order valence-electron chi connectivity index (χ1n) is 12.3. The fourth-order valence-electron chi connectivity index (χ4n) is 5.31. The molecule has 1 aliphatic carbocycles. The van der Waals surface area contributed by atoms with Crippen molar-refractivity contribution in [2.24, 2.45) is 0 Å².